The third-order valence-corrected chi connectivity index (χ3v) is 3.24. The molecular weight excluding hydrogens is 259 g/mol. The Morgan fingerprint density at radius 2 is 2.06 bits per heavy atom. The molecule has 0 saturated carbocycles. The van der Waals surface area contributed by atoms with Gasteiger partial charge in [0.25, 0.3) is 0 Å². The minimum absolute atomic E-state index is 0.114. The first-order valence-corrected chi connectivity index (χ1v) is 5.96. The monoisotopic (exact) mass is 272 g/mol. The Hall–Kier alpha value is -1.76. The van der Waals surface area contributed by atoms with Gasteiger partial charge in [0.1, 0.15) is 5.82 Å². The fourth-order valence-electron chi connectivity index (χ4n) is 1.13. The van der Waals surface area contributed by atoms with Gasteiger partial charge in [-0.2, -0.15) is 0 Å². The van der Waals surface area contributed by atoms with Crippen molar-refractivity contribution in [2.75, 3.05) is 25.6 Å². The van der Waals surface area contributed by atoms with Crippen LogP contribution in [0.4, 0.5) is 10.1 Å². The van der Waals surface area contributed by atoms with Crippen molar-refractivity contribution in [3.05, 3.63) is 23.5 Å². The molecule has 0 heterocycles. The number of rotatable bonds is 4. The predicted molar refractivity (Wildman–Crippen MR) is 67.2 cm³/mol. The van der Waals surface area contributed by atoms with Gasteiger partial charge in [0.2, 0.25) is 5.91 Å². The summed E-state index contributed by atoms with van der Waals surface area (Å²) < 4.78 is 13.4. The Bertz CT molecular complexity index is 491. The van der Waals surface area contributed by atoms with Gasteiger partial charge >= 0.3 is 5.97 Å². The average Bonchev–Trinajstić information content (AvgIpc) is 2.28. The molecule has 0 bridgehead atoms. The number of halogens is 1. The van der Waals surface area contributed by atoms with Crippen LogP contribution in [0.2, 0.25) is 0 Å². The second kappa shape index (κ2) is 5.72. The lowest BCUT2D eigenvalue weighted by Gasteiger charge is -2.11. The molecule has 98 valence electrons. The molecule has 7 heteroatoms. The maximum absolute atomic E-state index is 13.4. The lowest BCUT2D eigenvalue weighted by atomic mass is 10.2. The largest absolute Gasteiger partial charge is 0.478 e. The van der Waals surface area contributed by atoms with Crippen LogP contribution >= 0.6 is 11.8 Å². The lowest BCUT2D eigenvalue weighted by molar-refractivity contribution is -0.125. The Morgan fingerprint density at radius 3 is 2.56 bits per heavy atom. The van der Waals surface area contributed by atoms with E-state index in [1.807, 2.05) is 0 Å². The molecular formula is C11H13FN2O3S. The molecule has 1 aromatic carbocycles. The van der Waals surface area contributed by atoms with E-state index in [0.29, 0.717) is 4.90 Å². The number of carbonyl (C=O) groups is 2. The first-order chi connectivity index (χ1) is 8.32. The number of nitrogens with two attached hydrogens (primary N) is 1. The molecule has 0 aliphatic carbocycles. The van der Waals surface area contributed by atoms with Gasteiger partial charge in [-0.15, -0.1) is 11.8 Å². The van der Waals surface area contributed by atoms with Crippen molar-refractivity contribution in [3.63, 3.8) is 0 Å². The first kappa shape index (κ1) is 14.3. The van der Waals surface area contributed by atoms with E-state index in [1.54, 1.807) is 14.1 Å². The highest BCUT2D eigenvalue weighted by atomic mass is 32.2. The zero-order valence-corrected chi connectivity index (χ0v) is 10.8. The molecule has 0 aliphatic heterocycles. The minimum atomic E-state index is -1.37. The van der Waals surface area contributed by atoms with Crippen molar-refractivity contribution in [2.45, 2.75) is 4.90 Å². The molecule has 0 spiro atoms. The van der Waals surface area contributed by atoms with E-state index in [-0.39, 0.29) is 17.3 Å². The number of anilines is 1. The van der Waals surface area contributed by atoms with Crippen LogP contribution in [0, 0.1) is 5.82 Å². The number of hydrogen-bond donors (Lipinski definition) is 2. The molecule has 1 aromatic rings. The topological polar surface area (TPSA) is 83.6 Å². The van der Waals surface area contributed by atoms with Crippen molar-refractivity contribution >= 4 is 29.3 Å². The maximum atomic E-state index is 13.4. The summed E-state index contributed by atoms with van der Waals surface area (Å²) in [5.74, 6) is -2.26. The molecule has 18 heavy (non-hydrogen) atoms. The SMILES string of the molecule is CN(C)C(=O)CSc1cc(F)c(C(=O)O)cc1N. The van der Waals surface area contributed by atoms with Gasteiger partial charge in [0, 0.05) is 24.7 Å². The fraction of sp³-hybridized carbons (Fsp3) is 0.273. The number of thioether (sulfide) groups is 1. The van der Waals surface area contributed by atoms with Crippen molar-refractivity contribution in [3.8, 4) is 0 Å². The lowest BCUT2D eigenvalue weighted by Crippen LogP contribution is -2.23. The summed E-state index contributed by atoms with van der Waals surface area (Å²) >= 11 is 1.07. The summed E-state index contributed by atoms with van der Waals surface area (Å²) in [5, 5.41) is 8.71. The third kappa shape index (κ3) is 3.36. The van der Waals surface area contributed by atoms with E-state index in [4.69, 9.17) is 10.8 Å². The van der Waals surface area contributed by atoms with Crippen LogP contribution in [-0.2, 0) is 4.79 Å². The van der Waals surface area contributed by atoms with Crippen LogP contribution in [0.1, 0.15) is 10.4 Å². The summed E-state index contributed by atoms with van der Waals surface area (Å²) in [6.45, 7) is 0. The number of nitrogen functional groups attached to an aromatic ring is 1. The number of carbonyl (C=O) groups excluding carboxylic acids is 1. The van der Waals surface area contributed by atoms with E-state index in [9.17, 15) is 14.0 Å². The van der Waals surface area contributed by atoms with E-state index >= 15 is 0 Å². The van der Waals surface area contributed by atoms with Crippen LogP contribution in [0.25, 0.3) is 0 Å². The number of benzene rings is 1. The summed E-state index contributed by atoms with van der Waals surface area (Å²) in [6.07, 6.45) is 0. The van der Waals surface area contributed by atoms with Crippen LogP contribution in [0.3, 0.4) is 0 Å². The van der Waals surface area contributed by atoms with Gasteiger partial charge in [-0.05, 0) is 12.1 Å². The molecule has 3 N–H and O–H groups in total. The molecule has 0 aliphatic rings. The number of aromatic carboxylic acids is 1. The van der Waals surface area contributed by atoms with Gasteiger partial charge in [0.15, 0.2) is 0 Å². The summed E-state index contributed by atoms with van der Waals surface area (Å²) in [6, 6.07) is 2.09. The van der Waals surface area contributed by atoms with Crippen LogP contribution in [-0.4, -0.2) is 41.7 Å². The Kier molecular flexibility index (Phi) is 4.55. The van der Waals surface area contributed by atoms with Crippen LogP contribution in [0.5, 0.6) is 0 Å². The van der Waals surface area contributed by atoms with Crippen molar-refractivity contribution in [2.24, 2.45) is 0 Å². The summed E-state index contributed by atoms with van der Waals surface area (Å²) in [5.41, 5.74) is 5.28. The van der Waals surface area contributed by atoms with E-state index in [0.717, 1.165) is 23.9 Å². The molecule has 1 rings (SSSR count). The zero-order valence-electron chi connectivity index (χ0n) is 9.94. The Balaban J connectivity index is 2.89. The van der Waals surface area contributed by atoms with Gasteiger partial charge in [-0.25, -0.2) is 9.18 Å². The van der Waals surface area contributed by atoms with Crippen molar-refractivity contribution < 1.29 is 19.1 Å². The highest BCUT2D eigenvalue weighted by molar-refractivity contribution is 8.00. The zero-order chi connectivity index (χ0) is 13.9. The normalized spacial score (nSPS) is 10.2. The number of carboxylic acids is 1. The Labute approximate surface area is 108 Å². The fourth-order valence-corrected chi connectivity index (χ4v) is 2.08. The standard InChI is InChI=1S/C11H13FN2O3S/c1-14(2)10(15)5-18-9-4-7(12)6(11(16)17)3-8(9)13/h3-4H,5,13H2,1-2H3,(H,16,17). The number of nitrogens with zero attached hydrogens (tertiary/aromatic N) is 1. The van der Waals surface area contributed by atoms with Gasteiger partial charge in [-0.3, -0.25) is 4.79 Å². The van der Waals surface area contributed by atoms with E-state index in [1.165, 1.54) is 4.90 Å². The Morgan fingerprint density at radius 1 is 1.44 bits per heavy atom. The molecule has 0 fully saturated rings. The molecule has 0 atom stereocenters. The molecule has 0 saturated heterocycles. The molecule has 1 amide bonds. The first-order valence-electron chi connectivity index (χ1n) is 4.98. The summed E-state index contributed by atoms with van der Waals surface area (Å²) in [4.78, 5) is 23.8. The maximum Gasteiger partial charge on any atom is 0.338 e. The third-order valence-electron chi connectivity index (χ3n) is 2.18. The van der Waals surface area contributed by atoms with Crippen LogP contribution < -0.4 is 5.73 Å². The molecule has 0 aromatic heterocycles. The number of hydrogen-bond acceptors (Lipinski definition) is 4. The predicted octanol–water partition coefficient (Wildman–Crippen LogP) is 1.29. The van der Waals surface area contributed by atoms with Gasteiger partial charge < -0.3 is 15.7 Å². The smallest absolute Gasteiger partial charge is 0.338 e. The molecule has 0 radical (unpaired) electrons. The number of carboxylic acid groups (broad SMARTS) is 1. The van der Waals surface area contributed by atoms with Crippen LogP contribution in [0.15, 0.2) is 17.0 Å². The van der Waals surface area contributed by atoms with E-state index < -0.39 is 17.3 Å². The van der Waals surface area contributed by atoms with E-state index in [2.05, 4.69) is 0 Å². The molecule has 5 nitrogen and oxygen atoms in total. The second-order valence-corrected chi connectivity index (χ2v) is 4.77. The highest BCUT2D eigenvalue weighted by Gasteiger charge is 2.15. The van der Waals surface area contributed by atoms with Gasteiger partial charge in [0.05, 0.1) is 11.3 Å². The molecule has 0 unspecified atom stereocenters. The minimum Gasteiger partial charge on any atom is -0.478 e. The summed E-state index contributed by atoms with van der Waals surface area (Å²) in [7, 11) is 3.22. The van der Waals surface area contributed by atoms with Gasteiger partial charge in [-0.1, -0.05) is 0 Å². The highest BCUT2D eigenvalue weighted by Crippen LogP contribution is 2.28. The average molecular weight is 272 g/mol. The quantitative estimate of drug-likeness (QED) is 0.637. The van der Waals surface area contributed by atoms with Crippen molar-refractivity contribution in [1.29, 1.82) is 0 Å². The number of amides is 1. The van der Waals surface area contributed by atoms with Crippen molar-refractivity contribution in [1.82, 2.24) is 4.90 Å². The second-order valence-electron chi connectivity index (χ2n) is 3.75.